The molecule has 2 aliphatic heterocycles. The Labute approximate surface area is 189 Å². The molecule has 2 fully saturated rings. The Morgan fingerprint density at radius 1 is 0.969 bits per heavy atom. The molecule has 0 aliphatic carbocycles. The fraction of sp³-hybridized carbons (Fsp3) is 0.727. The van der Waals surface area contributed by atoms with Gasteiger partial charge < -0.3 is 39.0 Å². The third kappa shape index (κ3) is 11.7. The number of esters is 2. The van der Waals surface area contributed by atoms with Gasteiger partial charge in [-0.05, 0) is 20.3 Å². The lowest BCUT2D eigenvalue weighted by Crippen LogP contribution is -2.34. The molecule has 0 spiro atoms. The molecule has 0 aromatic heterocycles. The van der Waals surface area contributed by atoms with Crippen LogP contribution in [0.15, 0.2) is 24.3 Å². The Balaban J connectivity index is 0.000000635. The number of aliphatic hydroxyl groups excluding tert-OH is 3. The molecule has 186 valence electrons. The maximum absolute atomic E-state index is 11.1. The van der Waals surface area contributed by atoms with Gasteiger partial charge >= 0.3 is 11.9 Å². The van der Waals surface area contributed by atoms with Crippen LogP contribution in [-0.2, 0) is 33.3 Å². The summed E-state index contributed by atoms with van der Waals surface area (Å²) >= 11 is 0. The molecule has 10 heteroatoms. The standard InChI is InChI=1S/C13H20O6.C7H12O4.C2H6/c1-8(2)13(15)19-6-9(14)5-17-11-7-18-10-3-4-16-12(10)11;1-5(2)7(10)11-4-6(9)3-8;1-2/h9-12,14H,1,3-7H2,2H3;6,8-9H,1,3-4H2,2H3;1-2H3. The van der Waals surface area contributed by atoms with Crippen molar-refractivity contribution in [1.82, 2.24) is 0 Å². The summed E-state index contributed by atoms with van der Waals surface area (Å²) < 4.78 is 25.9. The first-order chi connectivity index (χ1) is 15.1. The summed E-state index contributed by atoms with van der Waals surface area (Å²) in [5.74, 6) is -1.07. The van der Waals surface area contributed by atoms with Gasteiger partial charge in [-0.15, -0.1) is 0 Å². The molecule has 0 amide bonds. The Bertz CT molecular complexity index is 591. The zero-order chi connectivity index (χ0) is 24.7. The average Bonchev–Trinajstić information content (AvgIpc) is 3.40. The molecule has 5 atom stereocenters. The first-order valence-corrected chi connectivity index (χ1v) is 10.6. The lowest BCUT2D eigenvalue weighted by Gasteiger charge is -2.19. The van der Waals surface area contributed by atoms with E-state index in [1.165, 1.54) is 6.92 Å². The third-order valence-corrected chi connectivity index (χ3v) is 4.14. The smallest absolute Gasteiger partial charge is 0.333 e. The predicted octanol–water partition coefficient (Wildman–Crippen LogP) is 0.525. The number of fused-ring (bicyclic) bond motifs is 1. The summed E-state index contributed by atoms with van der Waals surface area (Å²) in [4.78, 5) is 21.8. The quantitative estimate of drug-likeness (QED) is 0.311. The summed E-state index contributed by atoms with van der Waals surface area (Å²) in [6.07, 6.45) is -1.04. The van der Waals surface area contributed by atoms with E-state index >= 15 is 0 Å². The van der Waals surface area contributed by atoms with Gasteiger partial charge in [0.15, 0.2) is 0 Å². The molecule has 0 saturated carbocycles. The Morgan fingerprint density at radius 3 is 2.00 bits per heavy atom. The number of carbonyl (C=O) groups is 2. The topological polar surface area (TPSA) is 141 Å². The van der Waals surface area contributed by atoms with E-state index in [0.29, 0.717) is 18.8 Å². The summed E-state index contributed by atoms with van der Waals surface area (Å²) in [5.41, 5.74) is 0.578. The third-order valence-electron chi connectivity index (χ3n) is 4.14. The minimum atomic E-state index is -1.00. The highest BCUT2D eigenvalue weighted by Gasteiger charge is 2.42. The van der Waals surface area contributed by atoms with E-state index in [1.54, 1.807) is 6.92 Å². The Kier molecular flexibility index (Phi) is 15.8. The molecule has 0 bridgehead atoms. The molecule has 2 rings (SSSR count). The maximum Gasteiger partial charge on any atom is 0.333 e. The molecule has 2 heterocycles. The monoisotopic (exact) mass is 462 g/mol. The van der Waals surface area contributed by atoms with Crippen molar-refractivity contribution in [2.45, 2.75) is 64.6 Å². The fourth-order valence-corrected chi connectivity index (χ4v) is 2.50. The normalized spacial score (nSPS) is 22.8. The van der Waals surface area contributed by atoms with Crippen LogP contribution in [0.2, 0.25) is 0 Å². The predicted molar refractivity (Wildman–Crippen MR) is 116 cm³/mol. The zero-order valence-electron chi connectivity index (χ0n) is 19.5. The van der Waals surface area contributed by atoms with Crippen LogP contribution in [0, 0.1) is 0 Å². The second-order valence-corrected chi connectivity index (χ2v) is 7.12. The average molecular weight is 463 g/mol. The number of rotatable bonds is 10. The van der Waals surface area contributed by atoms with Crippen molar-refractivity contribution < 1.29 is 48.6 Å². The van der Waals surface area contributed by atoms with Crippen LogP contribution in [0.1, 0.15) is 34.1 Å². The lowest BCUT2D eigenvalue weighted by atomic mass is 10.1. The molecule has 2 saturated heterocycles. The molecule has 0 radical (unpaired) electrons. The van der Waals surface area contributed by atoms with Crippen molar-refractivity contribution >= 4 is 11.9 Å². The molecule has 10 nitrogen and oxygen atoms in total. The van der Waals surface area contributed by atoms with Crippen molar-refractivity contribution in [3.05, 3.63) is 24.3 Å². The van der Waals surface area contributed by atoms with Crippen LogP contribution in [0.3, 0.4) is 0 Å². The molecule has 5 unspecified atom stereocenters. The molecule has 0 aromatic rings. The van der Waals surface area contributed by atoms with Gasteiger partial charge in [-0.3, -0.25) is 0 Å². The van der Waals surface area contributed by atoms with Crippen molar-refractivity contribution in [1.29, 1.82) is 0 Å². The van der Waals surface area contributed by atoms with E-state index in [4.69, 9.17) is 29.2 Å². The van der Waals surface area contributed by atoms with E-state index in [1.807, 2.05) is 13.8 Å². The van der Waals surface area contributed by atoms with Gasteiger partial charge in [0.1, 0.15) is 37.6 Å². The lowest BCUT2D eigenvalue weighted by molar-refractivity contribution is -0.144. The van der Waals surface area contributed by atoms with Gasteiger partial charge in [0.25, 0.3) is 0 Å². The van der Waals surface area contributed by atoms with Crippen LogP contribution in [0.25, 0.3) is 0 Å². The van der Waals surface area contributed by atoms with Gasteiger partial charge in [-0.1, -0.05) is 27.0 Å². The highest BCUT2D eigenvalue weighted by atomic mass is 16.6. The van der Waals surface area contributed by atoms with E-state index in [2.05, 4.69) is 17.9 Å². The van der Waals surface area contributed by atoms with Gasteiger partial charge in [-0.25, -0.2) is 9.59 Å². The molecule has 32 heavy (non-hydrogen) atoms. The van der Waals surface area contributed by atoms with Gasteiger partial charge in [0.05, 0.1) is 25.9 Å². The van der Waals surface area contributed by atoms with Crippen molar-refractivity contribution in [3.63, 3.8) is 0 Å². The van der Waals surface area contributed by atoms with Crippen LogP contribution >= 0.6 is 0 Å². The van der Waals surface area contributed by atoms with Gasteiger partial charge in [-0.2, -0.15) is 0 Å². The molecule has 3 N–H and O–H groups in total. The van der Waals surface area contributed by atoms with Crippen molar-refractivity contribution in [2.24, 2.45) is 0 Å². The SMILES string of the molecule is C=C(C)C(=O)OCC(O)CO.C=C(C)C(=O)OCC(O)COC1COC2CCOC21.CC. The Hall–Kier alpha value is -1.82. The first kappa shape index (κ1) is 30.2. The highest BCUT2D eigenvalue weighted by molar-refractivity contribution is 5.87. The second kappa shape index (κ2) is 16.8. The van der Waals surface area contributed by atoms with Crippen LogP contribution < -0.4 is 0 Å². The Morgan fingerprint density at radius 2 is 1.50 bits per heavy atom. The minimum absolute atomic E-state index is 0.0369. The number of hydrogen-bond donors (Lipinski definition) is 3. The minimum Gasteiger partial charge on any atom is -0.460 e. The van der Waals surface area contributed by atoms with Crippen LogP contribution in [-0.4, -0.2) is 97.4 Å². The second-order valence-electron chi connectivity index (χ2n) is 7.12. The van der Waals surface area contributed by atoms with E-state index in [0.717, 1.165) is 6.42 Å². The number of ether oxygens (including phenoxy) is 5. The van der Waals surface area contributed by atoms with Crippen molar-refractivity contribution in [2.75, 3.05) is 39.6 Å². The van der Waals surface area contributed by atoms with E-state index in [-0.39, 0.29) is 43.7 Å². The first-order valence-electron chi connectivity index (χ1n) is 10.6. The highest BCUT2D eigenvalue weighted by Crippen LogP contribution is 2.28. The number of aliphatic hydroxyl groups is 3. The largest absolute Gasteiger partial charge is 0.460 e. The molecular weight excluding hydrogens is 424 g/mol. The van der Waals surface area contributed by atoms with E-state index < -0.39 is 30.8 Å². The zero-order valence-corrected chi connectivity index (χ0v) is 19.5. The molecular formula is C22H38O10. The summed E-state index contributed by atoms with van der Waals surface area (Å²) in [6.45, 7) is 14.4. The van der Waals surface area contributed by atoms with Gasteiger partial charge in [0, 0.05) is 17.8 Å². The summed E-state index contributed by atoms with van der Waals surface area (Å²) in [7, 11) is 0. The molecule has 2 aliphatic rings. The van der Waals surface area contributed by atoms with Gasteiger partial charge in [0.2, 0.25) is 0 Å². The van der Waals surface area contributed by atoms with Crippen LogP contribution in [0.5, 0.6) is 0 Å². The number of carbonyl (C=O) groups excluding carboxylic acids is 2. The number of hydrogen-bond acceptors (Lipinski definition) is 10. The maximum atomic E-state index is 11.1. The molecule has 0 aromatic carbocycles. The fourth-order valence-electron chi connectivity index (χ4n) is 2.50. The van der Waals surface area contributed by atoms with Crippen LogP contribution in [0.4, 0.5) is 0 Å². The summed E-state index contributed by atoms with van der Waals surface area (Å²) in [6, 6.07) is 0. The summed E-state index contributed by atoms with van der Waals surface area (Å²) in [5, 5.41) is 26.7. The van der Waals surface area contributed by atoms with E-state index in [9.17, 15) is 14.7 Å². The van der Waals surface area contributed by atoms with Crippen molar-refractivity contribution in [3.8, 4) is 0 Å².